The van der Waals surface area contributed by atoms with Gasteiger partial charge in [-0.15, -0.1) is 0 Å². The Balaban J connectivity index is 2.99. The molecular weight excluding hydrogens is 163 g/mol. The van der Waals surface area contributed by atoms with E-state index in [0.717, 1.165) is 23.1 Å². The molecule has 0 atom stereocenters. The van der Waals surface area contributed by atoms with Gasteiger partial charge in [-0.25, -0.2) is 4.39 Å². The molecular formula is C12H17F. The summed E-state index contributed by atoms with van der Waals surface area (Å²) >= 11 is 0. The van der Waals surface area contributed by atoms with E-state index < -0.39 is 0 Å². The topological polar surface area (TPSA) is 0 Å². The van der Waals surface area contributed by atoms with Crippen LogP contribution in [0.15, 0.2) is 12.1 Å². The third-order valence-electron chi connectivity index (χ3n) is 2.31. The van der Waals surface area contributed by atoms with Crippen molar-refractivity contribution >= 4 is 0 Å². The van der Waals surface area contributed by atoms with Crippen molar-refractivity contribution in [3.63, 3.8) is 0 Å². The van der Waals surface area contributed by atoms with Gasteiger partial charge in [-0.2, -0.15) is 0 Å². The van der Waals surface area contributed by atoms with Gasteiger partial charge in [0.2, 0.25) is 0 Å². The highest BCUT2D eigenvalue weighted by Crippen LogP contribution is 2.17. The minimum Gasteiger partial charge on any atom is -0.207 e. The number of aryl methyl sites for hydroxylation is 1. The van der Waals surface area contributed by atoms with Crippen LogP contribution in [0.1, 0.15) is 30.5 Å². The Kier molecular flexibility index (Phi) is 3.07. The Bertz CT molecular complexity index is 277. The second-order valence-electron chi connectivity index (χ2n) is 4.12. The Morgan fingerprint density at radius 2 is 1.85 bits per heavy atom. The molecule has 0 unspecified atom stereocenters. The molecule has 1 rings (SSSR count). The SMILES string of the molecule is Cc1cc(CC(C)C)cc(F)c1C. The highest BCUT2D eigenvalue weighted by atomic mass is 19.1. The smallest absolute Gasteiger partial charge is 0.126 e. The van der Waals surface area contributed by atoms with Crippen molar-refractivity contribution in [2.24, 2.45) is 5.92 Å². The van der Waals surface area contributed by atoms with Gasteiger partial charge in [0.05, 0.1) is 0 Å². The van der Waals surface area contributed by atoms with Gasteiger partial charge in [-0.3, -0.25) is 0 Å². The van der Waals surface area contributed by atoms with E-state index >= 15 is 0 Å². The minimum atomic E-state index is -0.0735. The van der Waals surface area contributed by atoms with Gasteiger partial charge in [0, 0.05) is 0 Å². The third kappa shape index (κ3) is 2.55. The number of hydrogen-bond acceptors (Lipinski definition) is 0. The molecule has 0 aliphatic carbocycles. The van der Waals surface area contributed by atoms with Gasteiger partial charge in [0.25, 0.3) is 0 Å². The van der Waals surface area contributed by atoms with Crippen LogP contribution < -0.4 is 0 Å². The summed E-state index contributed by atoms with van der Waals surface area (Å²) in [5.41, 5.74) is 2.93. The van der Waals surface area contributed by atoms with Crippen molar-refractivity contribution in [1.82, 2.24) is 0 Å². The van der Waals surface area contributed by atoms with Crippen LogP contribution in [0.4, 0.5) is 4.39 Å². The molecule has 0 bridgehead atoms. The summed E-state index contributed by atoms with van der Waals surface area (Å²) in [5.74, 6) is 0.511. The lowest BCUT2D eigenvalue weighted by molar-refractivity contribution is 0.604. The first-order chi connectivity index (χ1) is 6.00. The van der Waals surface area contributed by atoms with E-state index in [1.54, 1.807) is 6.07 Å². The van der Waals surface area contributed by atoms with Gasteiger partial charge in [0.15, 0.2) is 0 Å². The quantitative estimate of drug-likeness (QED) is 0.651. The molecule has 1 aromatic rings. The predicted molar refractivity (Wildman–Crippen MR) is 54.4 cm³/mol. The van der Waals surface area contributed by atoms with Crippen molar-refractivity contribution in [1.29, 1.82) is 0 Å². The molecule has 0 saturated heterocycles. The van der Waals surface area contributed by atoms with Crippen molar-refractivity contribution in [2.45, 2.75) is 34.1 Å². The molecule has 0 aromatic heterocycles. The average Bonchev–Trinajstić information content (AvgIpc) is 1.98. The van der Waals surface area contributed by atoms with Crippen LogP contribution in [0, 0.1) is 25.6 Å². The summed E-state index contributed by atoms with van der Waals surface area (Å²) in [5, 5.41) is 0. The zero-order valence-corrected chi connectivity index (χ0v) is 8.82. The zero-order valence-electron chi connectivity index (χ0n) is 8.82. The third-order valence-corrected chi connectivity index (χ3v) is 2.31. The molecule has 0 heterocycles. The fraction of sp³-hybridized carbons (Fsp3) is 0.500. The molecule has 0 fully saturated rings. The molecule has 0 saturated carbocycles. The molecule has 1 heteroatoms. The van der Waals surface area contributed by atoms with E-state index in [0.29, 0.717) is 5.92 Å². The molecule has 13 heavy (non-hydrogen) atoms. The van der Waals surface area contributed by atoms with Gasteiger partial charge in [-0.1, -0.05) is 19.9 Å². The normalized spacial score (nSPS) is 10.9. The van der Waals surface area contributed by atoms with Crippen LogP contribution in [-0.4, -0.2) is 0 Å². The average molecular weight is 180 g/mol. The molecule has 0 amide bonds. The maximum absolute atomic E-state index is 13.3. The van der Waals surface area contributed by atoms with Crippen LogP contribution >= 0.6 is 0 Å². The van der Waals surface area contributed by atoms with Crippen molar-refractivity contribution in [3.8, 4) is 0 Å². The van der Waals surface area contributed by atoms with E-state index in [-0.39, 0.29) is 5.82 Å². The lowest BCUT2D eigenvalue weighted by atomic mass is 9.99. The van der Waals surface area contributed by atoms with Gasteiger partial charge < -0.3 is 0 Å². The molecule has 0 nitrogen and oxygen atoms in total. The van der Waals surface area contributed by atoms with E-state index in [9.17, 15) is 4.39 Å². The van der Waals surface area contributed by atoms with E-state index in [1.807, 2.05) is 13.8 Å². The second kappa shape index (κ2) is 3.91. The van der Waals surface area contributed by atoms with Crippen LogP contribution in [0.25, 0.3) is 0 Å². The lowest BCUT2D eigenvalue weighted by Crippen LogP contribution is -1.97. The maximum Gasteiger partial charge on any atom is 0.126 e. The summed E-state index contributed by atoms with van der Waals surface area (Å²) < 4.78 is 13.3. The molecule has 0 aliphatic heterocycles. The van der Waals surface area contributed by atoms with Crippen LogP contribution in [-0.2, 0) is 6.42 Å². The summed E-state index contributed by atoms with van der Waals surface area (Å²) in [7, 11) is 0. The molecule has 0 N–H and O–H groups in total. The fourth-order valence-electron chi connectivity index (χ4n) is 1.48. The number of hydrogen-bond donors (Lipinski definition) is 0. The van der Waals surface area contributed by atoms with E-state index in [1.165, 1.54) is 0 Å². The molecule has 72 valence electrons. The standard InChI is InChI=1S/C12H17F/c1-8(2)5-11-6-9(3)10(4)12(13)7-11/h6-8H,5H2,1-4H3. The van der Waals surface area contributed by atoms with Crippen LogP contribution in [0.3, 0.4) is 0 Å². The highest BCUT2D eigenvalue weighted by molar-refractivity contribution is 5.31. The summed E-state index contributed by atoms with van der Waals surface area (Å²) in [6, 6.07) is 3.74. The second-order valence-corrected chi connectivity index (χ2v) is 4.12. The predicted octanol–water partition coefficient (Wildman–Crippen LogP) is 3.64. The van der Waals surface area contributed by atoms with Crippen LogP contribution in [0.5, 0.6) is 0 Å². The van der Waals surface area contributed by atoms with Crippen molar-refractivity contribution in [2.75, 3.05) is 0 Å². The van der Waals surface area contributed by atoms with Gasteiger partial charge in [0.1, 0.15) is 5.82 Å². The molecule has 0 aliphatic rings. The van der Waals surface area contributed by atoms with E-state index in [2.05, 4.69) is 19.9 Å². The Labute approximate surface area is 79.8 Å². The van der Waals surface area contributed by atoms with Crippen molar-refractivity contribution < 1.29 is 4.39 Å². The first-order valence-corrected chi connectivity index (χ1v) is 4.76. The summed E-state index contributed by atoms with van der Waals surface area (Å²) in [6.45, 7) is 8.08. The monoisotopic (exact) mass is 180 g/mol. The largest absolute Gasteiger partial charge is 0.207 e. The first-order valence-electron chi connectivity index (χ1n) is 4.76. The van der Waals surface area contributed by atoms with Gasteiger partial charge in [-0.05, 0) is 48.9 Å². The Hall–Kier alpha value is -0.850. The first kappa shape index (κ1) is 10.2. The van der Waals surface area contributed by atoms with Crippen LogP contribution in [0.2, 0.25) is 0 Å². The summed E-state index contributed by atoms with van der Waals surface area (Å²) in [6.07, 6.45) is 0.956. The summed E-state index contributed by atoms with van der Waals surface area (Å²) in [4.78, 5) is 0. The molecule has 0 spiro atoms. The number of rotatable bonds is 2. The lowest BCUT2D eigenvalue weighted by Gasteiger charge is -2.08. The fourth-order valence-corrected chi connectivity index (χ4v) is 1.48. The molecule has 0 radical (unpaired) electrons. The van der Waals surface area contributed by atoms with Gasteiger partial charge >= 0.3 is 0 Å². The number of halogens is 1. The molecule has 1 aromatic carbocycles. The minimum absolute atomic E-state index is 0.0735. The zero-order chi connectivity index (χ0) is 10.0. The highest BCUT2D eigenvalue weighted by Gasteiger charge is 2.04. The Morgan fingerprint density at radius 1 is 1.23 bits per heavy atom. The Morgan fingerprint density at radius 3 is 2.31 bits per heavy atom. The maximum atomic E-state index is 13.3. The number of benzene rings is 1. The van der Waals surface area contributed by atoms with Crippen molar-refractivity contribution in [3.05, 3.63) is 34.6 Å². The van der Waals surface area contributed by atoms with E-state index in [4.69, 9.17) is 0 Å².